The summed E-state index contributed by atoms with van der Waals surface area (Å²) in [6.07, 6.45) is 0.321. The van der Waals surface area contributed by atoms with Crippen molar-refractivity contribution >= 4 is 51.7 Å². The van der Waals surface area contributed by atoms with Crippen molar-refractivity contribution < 1.29 is 18.8 Å². The number of nitrogens with one attached hydrogen (secondary N) is 2. The van der Waals surface area contributed by atoms with Gasteiger partial charge in [0.05, 0.1) is 11.3 Å². The molecule has 0 bridgehead atoms. The molecule has 2 aliphatic rings. The molecule has 0 aliphatic carbocycles. The Morgan fingerprint density at radius 3 is 2.49 bits per heavy atom. The first-order valence-electron chi connectivity index (χ1n) is 13.1. The third-order valence-electron chi connectivity index (χ3n) is 7.71. The third kappa shape index (κ3) is 4.06. The van der Waals surface area contributed by atoms with E-state index in [0.29, 0.717) is 17.1 Å². The van der Waals surface area contributed by atoms with E-state index in [4.69, 9.17) is 11.6 Å². The number of hydrogen-bond donors (Lipinski definition) is 2. The molecule has 0 unspecified atom stereocenters. The van der Waals surface area contributed by atoms with E-state index in [0.717, 1.165) is 32.6 Å². The number of para-hydroxylation sites is 2. The van der Waals surface area contributed by atoms with Gasteiger partial charge in [-0.1, -0.05) is 54.1 Å². The van der Waals surface area contributed by atoms with Gasteiger partial charge >= 0.3 is 6.03 Å². The molecule has 1 fully saturated rings. The number of H-pyrrole nitrogens is 1. The second-order valence-electron chi connectivity index (χ2n) is 10.1. The Bertz CT molecular complexity index is 1870. The number of nitrogens with zero attached hydrogens (tertiary/aromatic N) is 2. The summed E-state index contributed by atoms with van der Waals surface area (Å²) in [6, 6.07) is 25.0. The maximum absolute atomic E-state index is 14.2. The van der Waals surface area contributed by atoms with E-state index in [-0.39, 0.29) is 11.3 Å². The zero-order valence-corrected chi connectivity index (χ0v) is 22.2. The molecule has 0 spiro atoms. The fourth-order valence-corrected chi connectivity index (χ4v) is 6.11. The van der Waals surface area contributed by atoms with Crippen LogP contribution in [-0.2, 0) is 11.2 Å². The predicted octanol–water partition coefficient (Wildman–Crippen LogP) is 6.70. The summed E-state index contributed by atoms with van der Waals surface area (Å²) in [5, 5.41) is 4.23. The van der Waals surface area contributed by atoms with E-state index in [1.165, 1.54) is 24.3 Å². The fraction of sp³-hybridized carbons (Fsp3) is 0.0938. The molecule has 2 N–H and O–H groups in total. The molecule has 202 valence electrons. The van der Waals surface area contributed by atoms with E-state index in [2.05, 4.69) is 10.3 Å². The fourth-order valence-electron chi connectivity index (χ4n) is 5.91. The summed E-state index contributed by atoms with van der Waals surface area (Å²) >= 11 is 6.38. The van der Waals surface area contributed by atoms with Gasteiger partial charge in [-0.3, -0.25) is 14.5 Å². The van der Waals surface area contributed by atoms with Gasteiger partial charge in [-0.05, 0) is 65.7 Å². The normalized spacial score (nSPS) is 18.0. The van der Waals surface area contributed by atoms with E-state index in [1.54, 1.807) is 41.3 Å². The highest BCUT2D eigenvalue weighted by Gasteiger charge is 2.53. The van der Waals surface area contributed by atoms with Gasteiger partial charge in [0.25, 0.3) is 11.8 Å². The van der Waals surface area contributed by atoms with Gasteiger partial charge in [-0.2, -0.15) is 0 Å². The van der Waals surface area contributed by atoms with Crippen LogP contribution in [0.2, 0.25) is 5.02 Å². The van der Waals surface area contributed by atoms with Crippen LogP contribution in [-0.4, -0.2) is 33.8 Å². The maximum atomic E-state index is 14.2. The van der Waals surface area contributed by atoms with Crippen LogP contribution in [0.1, 0.15) is 33.2 Å². The first-order valence-corrected chi connectivity index (χ1v) is 13.5. The van der Waals surface area contributed by atoms with E-state index in [1.807, 2.05) is 36.4 Å². The molecule has 41 heavy (non-hydrogen) atoms. The number of fused-ring (bicyclic) bond motifs is 4. The summed E-state index contributed by atoms with van der Waals surface area (Å²) < 4.78 is 13.4. The van der Waals surface area contributed by atoms with Crippen molar-refractivity contribution in [3.63, 3.8) is 0 Å². The summed E-state index contributed by atoms with van der Waals surface area (Å²) in [5.41, 5.74) is 4.18. The van der Waals surface area contributed by atoms with Crippen molar-refractivity contribution in [3.8, 4) is 0 Å². The Morgan fingerprint density at radius 1 is 0.927 bits per heavy atom. The van der Waals surface area contributed by atoms with Gasteiger partial charge in [-0.15, -0.1) is 0 Å². The molecule has 2 aliphatic heterocycles. The standard InChI is InChI=1S/C32H22ClFN4O3/c33-19-7-5-6-18(16-19)29-28-24(22-8-1-3-10-25(22)36-28)17-27-31(40)38(32(41)37(27)29)26-11-4-2-9-23(26)30(39)35-21-14-12-20(34)13-15-21/h1-16,27,29,36H,17H2,(H,35,39)/t27-,29+/m0/s1. The van der Waals surface area contributed by atoms with E-state index >= 15 is 0 Å². The molecular formula is C32H22ClFN4O3. The molecule has 1 saturated heterocycles. The molecule has 9 heteroatoms. The van der Waals surface area contributed by atoms with Crippen LogP contribution < -0.4 is 10.2 Å². The number of benzene rings is 4. The van der Waals surface area contributed by atoms with Gasteiger partial charge in [0.2, 0.25) is 0 Å². The number of hydrogen-bond acceptors (Lipinski definition) is 3. The number of urea groups is 1. The molecule has 4 aromatic carbocycles. The van der Waals surface area contributed by atoms with Crippen LogP contribution in [0.15, 0.2) is 97.1 Å². The summed E-state index contributed by atoms with van der Waals surface area (Å²) in [6.45, 7) is 0. The molecule has 0 radical (unpaired) electrons. The highest BCUT2D eigenvalue weighted by atomic mass is 35.5. The summed E-state index contributed by atoms with van der Waals surface area (Å²) in [7, 11) is 0. The second-order valence-corrected chi connectivity index (χ2v) is 10.5. The first kappa shape index (κ1) is 25.0. The zero-order valence-electron chi connectivity index (χ0n) is 21.5. The number of aromatic amines is 1. The minimum Gasteiger partial charge on any atom is -0.356 e. The summed E-state index contributed by atoms with van der Waals surface area (Å²) in [4.78, 5) is 47.8. The largest absolute Gasteiger partial charge is 0.356 e. The lowest BCUT2D eigenvalue weighted by atomic mass is 9.89. The SMILES string of the molecule is O=C(Nc1ccc(F)cc1)c1ccccc1N1C(=O)[C@@H]2Cc3c([nH]c4ccccc34)[C@@H](c3cccc(Cl)c3)N2C1=O. The number of carbonyl (C=O) groups excluding carboxylic acids is 3. The number of aromatic nitrogens is 1. The van der Waals surface area contributed by atoms with Crippen LogP contribution in [0.4, 0.5) is 20.6 Å². The Balaban J connectivity index is 1.32. The van der Waals surface area contributed by atoms with E-state index < -0.39 is 35.7 Å². The average Bonchev–Trinajstić information content (AvgIpc) is 3.47. The maximum Gasteiger partial charge on any atom is 0.332 e. The molecule has 1 aromatic heterocycles. The van der Waals surface area contributed by atoms with Crippen molar-refractivity contribution in [3.05, 3.63) is 130 Å². The Morgan fingerprint density at radius 2 is 1.68 bits per heavy atom. The molecule has 2 atom stereocenters. The molecule has 3 heterocycles. The first-order chi connectivity index (χ1) is 19.9. The lowest BCUT2D eigenvalue weighted by Crippen LogP contribution is -2.44. The number of anilines is 2. The van der Waals surface area contributed by atoms with Gasteiger partial charge in [0.1, 0.15) is 17.9 Å². The number of carbonyl (C=O) groups is 3. The molecule has 0 saturated carbocycles. The van der Waals surface area contributed by atoms with Gasteiger partial charge in [-0.25, -0.2) is 14.1 Å². The minimum absolute atomic E-state index is 0.140. The van der Waals surface area contributed by atoms with Crippen LogP contribution >= 0.6 is 11.6 Å². The topological polar surface area (TPSA) is 85.5 Å². The molecular weight excluding hydrogens is 543 g/mol. The van der Waals surface area contributed by atoms with Crippen molar-refractivity contribution in [2.75, 3.05) is 10.2 Å². The Kier molecular flexibility index (Phi) is 5.87. The van der Waals surface area contributed by atoms with Crippen molar-refractivity contribution in [1.82, 2.24) is 9.88 Å². The molecule has 5 aromatic rings. The molecule has 7 rings (SSSR count). The Hall–Kier alpha value is -4.95. The summed E-state index contributed by atoms with van der Waals surface area (Å²) in [5.74, 6) is -1.37. The third-order valence-corrected chi connectivity index (χ3v) is 7.94. The molecule has 4 amide bonds. The number of imide groups is 1. The number of halogens is 2. The lowest BCUT2D eigenvalue weighted by molar-refractivity contribution is -0.120. The highest BCUT2D eigenvalue weighted by molar-refractivity contribution is 6.30. The predicted molar refractivity (Wildman–Crippen MR) is 155 cm³/mol. The van der Waals surface area contributed by atoms with Crippen molar-refractivity contribution in [2.45, 2.75) is 18.5 Å². The van der Waals surface area contributed by atoms with Gasteiger partial charge < -0.3 is 10.3 Å². The van der Waals surface area contributed by atoms with Gasteiger partial charge in [0, 0.05) is 33.7 Å². The van der Waals surface area contributed by atoms with Gasteiger partial charge in [0.15, 0.2) is 0 Å². The Labute approximate surface area is 239 Å². The highest BCUT2D eigenvalue weighted by Crippen LogP contribution is 2.45. The zero-order chi connectivity index (χ0) is 28.2. The van der Waals surface area contributed by atoms with Crippen molar-refractivity contribution in [2.24, 2.45) is 0 Å². The molecule has 7 nitrogen and oxygen atoms in total. The second kappa shape index (κ2) is 9.60. The van der Waals surface area contributed by atoms with Crippen LogP contribution in [0.3, 0.4) is 0 Å². The lowest BCUT2D eigenvalue weighted by Gasteiger charge is -2.36. The van der Waals surface area contributed by atoms with Crippen molar-refractivity contribution in [1.29, 1.82) is 0 Å². The quantitative estimate of drug-likeness (QED) is 0.238. The van der Waals surface area contributed by atoms with E-state index in [9.17, 15) is 18.8 Å². The average molecular weight is 565 g/mol. The van der Waals surface area contributed by atoms with Crippen LogP contribution in [0.5, 0.6) is 0 Å². The minimum atomic E-state index is -0.786. The number of rotatable bonds is 4. The van der Waals surface area contributed by atoms with Crippen LogP contribution in [0, 0.1) is 5.82 Å². The monoisotopic (exact) mass is 564 g/mol. The smallest absolute Gasteiger partial charge is 0.332 e. The van der Waals surface area contributed by atoms with Crippen LogP contribution in [0.25, 0.3) is 10.9 Å². The number of amides is 4.